The number of methoxy groups -OCH3 is 1. The number of aromatic nitrogens is 1. The molecule has 0 aliphatic carbocycles. The van der Waals surface area contributed by atoms with Crippen LogP contribution in [-0.2, 0) is 13.0 Å². The summed E-state index contributed by atoms with van der Waals surface area (Å²) in [5, 5.41) is 0. The van der Waals surface area contributed by atoms with Crippen LogP contribution in [0.4, 0.5) is 8.78 Å². The van der Waals surface area contributed by atoms with Gasteiger partial charge in [0.05, 0.1) is 7.11 Å². The Bertz CT molecular complexity index is 609. The molecule has 0 unspecified atom stereocenters. The third-order valence-electron chi connectivity index (χ3n) is 3.43. The highest BCUT2D eigenvalue weighted by Crippen LogP contribution is 2.29. The second kappa shape index (κ2) is 8.43. The van der Waals surface area contributed by atoms with Crippen molar-refractivity contribution in [2.45, 2.75) is 19.6 Å². The molecule has 1 heterocycles. The van der Waals surface area contributed by atoms with E-state index >= 15 is 0 Å². The van der Waals surface area contributed by atoms with Gasteiger partial charge in [-0.1, -0.05) is 6.07 Å². The molecule has 1 aromatic heterocycles. The topological polar surface area (TPSA) is 34.6 Å². The van der Waals surface area contributed by atoms with Gasteiger partial charge in [0.15, 0.2) is 11.5 Å². The maximum absolute atomic E-state index is 12.4. The van der Waals surface area contributed by atoms with Gasteiger partial charge in [-0.2, -0.15) is 8.78 Å². The van der Waals surface area contributed by atoms with Crippen molar-refractivity contribution in [1.29, 1.82) is 0 Å². The van der Waals surface area contributed by atoms with E-state index in [0.717, 1.165) is 18.5 Å². The monoisotopic (exact) mass is 322 g/mol. The van der Waals surface area contributed by atoms with Crippen LogP contribution >= 0.6 is 0 Å². The minimum atomic E-state index is -2.87. The number of ether oxygens (including phenoxy) is 2. The number of halogens is 2. The fraction of sp³-hybridized carbons (Fsp3) is 0.353. The molecule has 0 spiro atoms. The van der Waals surface area contributed by atoms with Gasteiger partial charge in [-0.3, -0.25) is 4.98 Å². The minimum absolute atomic E-state index is 0.0579. The molecule has 0 atom stereocenters. The van der Waals surface area contributed by atoms with Crippen LogP contribution in [0.2, 0.25) is 0 Å². The van der Waals surface area contributed by atoms with Gasteiger partial charge in [-0.15, -0.1) is 0 Å². The Morgan fingerprint density at radius 2 is 1.83 bits per heavy atom. The standard InChI is InChI=1S/C17H20F2N2O2/c1-21(10-7-13-5-8-20-9-6-13)12-14-3-4-15(22-2)16(11-14)23-17(18)19/h3-6,8-9,11,17H,7,10,12H2,1-2H3. The van der Waals surface area contributed by atoms with Gasteiger partial charge in [0.2, 0.25) is 0 Å². The Kier molecular flexibility index (Phi) is 6.29. The lowest BCUT2D eigenvalue weighted by Crippen LogP contribution is -2.20. The van der Waals surface area contributed by atoms with E-state index in [9.17, 15) is 8.78 Å². The summed E-state index contributed by atoms with van der Waals surface area (Å²) in [6, 6.07) is 9.05. The van der Waals surface area contributed by atoms with Crippen LogP contribution in [0.5, 0.6) is 11.5 Å². The third kappa shape index (κ3) is 5.49. The molecule has 23 heavy (non-hydrogen) atoms. The molecule has 4 nitrogen and oxygen atoms in total. The summed E-state index contributed by atoms with van der Waals surface area (Å²) in [5.74, 6) is 0.357. The van der Waals surface area contributed by atoms with E-state index in [-0.39, 0.29) is 5.75 Å². The predicted molar refractivity (Wildman–Crippen MR) is 83.9 cm³/mol. The Morgan fingerprint density at radius 1 is 1.09 bits per heavy atom. The third-order valence-corrected chi connectivity index (χ3v) is 3.43. The first-order valence-electron chi connectivity index (χ1n) is 7.27. The van der Waals surface area contributed by atoms with Crippen LogP contribution in [-0.4, -0.2) is 37.2 Å². The molecule has 0 aliphatic heterocycles. The molecule has 0 aliphatic rings. The molecule has 0 saturated heterocycles. The molecule has 6 heteroatoms. The van der Waals surface area contributed by atoms with Gasteiger partial charge in [0, 0.05) is 25.5 Å². The zero-order valence-corrected chi connectivity index (χ0v) is 13.2. The van der Waals surface area contributed by atoms with Crippen LogP contribution in [0.15, 0.2) is 42.7 Å². The number of benzene rings is 1. The van der Waals surface area contributed by atoms with Crippen molar-refractivity contribution in [2.75, 3.05) is 20.7 Å². The second-order valence-electron chi connectivity index (χ2n) is 5.21. The lowest BCUT2D eigenvalue weighted by atomic mass is 10.1. The average Bonchev–Trinajstić information content (AvgIpc) is 2.54. The van der Waals surface area contributed by atoms with Crippen LogP contribution in [0.25, 0.3) is 0 Å². The van der Waals surface area contributed by atoms with Crippen molar-refractivity contribution in [3.63, 3.8) is 0 Å². The minimum Gasteiger partial charge on any atom is -0.493 e. The van der Waals surface area contributed by atoms with E-state index in [0.29, 0.717) is 12.3 Å². The van der Waals surface area contributed by atoms with Crippen LogP contribution in [0.3, 0.4) is 0 Å². The Hall–Kier alpha value is -2.21. The summed E-state index contributed by atoms with van der Waals surface area (Å²) in [7, 11) is 3.41. The molecule has 0 fully saturated rings. The highest BCUT2D eigenvalue weighted by atomic mass is 19.3. The van der Waals surface area contributed by atoms with E-state index in [1.54, 1.807) is 24.5 Å². The summed E-state index contributed by atoms with van der Waals surface area (Å²) in [5.41, 5.74) is 2.10. The van der Waals surface area contributed by atoms with Gasteiger partial charge in [-0.25, -0.2) is 0 Å². The zero-order valence-electron chi connectivity index (χ0n) is 13.2. The SMILES string of the molecule is COc1ccc(CN(C)CCc2ccncc2)cc1OC(F)F. The van der Waals surface area contributed by atoms with E-state index in [1.165, 1.54) is 12.7 Å². The lowest BCUT2D eigenvalue weighted by Gasteiger charge is -2.18. The Labute approximate surface area is 134 Å². The van der Waals surface area contributed by atoms with E-state index < -0.39 is 6.61 Å². The van der Waals surface area contributed by atoms with Crippen molar-refractivity contribution in [1.82, 2.24) is 9.88 Å². The Morgan fingerprint density at radius 3 is 2.48 bits per heavy atom. The van der Waals surface area contributed by atoms with Gasteiger partial charge >= 0.3 is 6.61 Å². The highest BCUT2D eigenvalue weighted by Gasteiger charge is 2.12. The first kappa shape index (κ1) is 17.1. The first-order chi connectivity index (χ1) is 11.1. The highest BCUT2D eigenvalue weighted by molar-refractivity contribution is 5.43. The summed E-state index contributed by atoms with van der Waals surface area (Å²) in [4.78, 5) is 6.11. The fourth-order valence-corrected chi connectivity index (χ4v) is 2.27. The van der Waals surface area contributed by atoms with Crippen molar-refractivity contribution >= 4 is 0 Å². The van der Waals surface area contributed by atoms with Crippen LogP contribution < -0.4 is 9.47 Å². The van der Waals surface area contributed by atoms with Gasteiger partial charge < -0.3 is 14.4 Å². The Balaban J connectivity index is 1.96. The average molecular weight is 322 g/mol. The van der Waals surface area contributed by atoms with E-state index in [1.807, 2.05) is 25.2 Å². The number of alkyl halides is 2. The summed E-state index contributed by atoms with van der Waals surface area (Å²) < 4.78 is 34.4. The maximum Gasteiger partial charge on any atom is 0.387 e. The molecular weight excluding hydrogens is 302 g/mol. The van der Waals surface area contributed by atoms with Crippen LogP contribution in [0, 0.1) is 0 Å². The molecule has 0 saturated carbocycles. The maximum atomic E-state index is 12.4. The van der Waals surface area contributed by atoms with Crippen LogP contribution in [0.1, 0.15) is 11.1 Å². The van der Waals surface area contributed by atoms with E-state index in [2.05, 4.69) is 14.6 Å². The molecule has 0 bridgehead atoms. The molecule has 2 rings (SSSR count). The normalized spacial score (nSPS) is 11.0. The first-order valence-corrected chi connectivity index (χ1v) is 7.27. The summed E-state index contributed by atoms with van der Waals surface area (Å²) in [6.45, 7) is -1.39. The molecule has 124 valence electrons. The quantitative estimate of drug-likeness (QED) is 0.746. The van der Waals surface area contributed by atoms with Crippen molar-refractivity contribution in [2.24, 2.45) is 0 Å². The molecule has 2 aromatic rings. The van der Waals surface area contributed by atoms with Gasteiger partial charge in [0.1, 0.15) is 0 Å². The van der Waals surface area contributed by atoms with Crippen molar-refractivity contribution in [3.8, 4) is 11.5 Å². The lowest BCUT2D eigenvalue weighted by molar-refractivity contribution is -0.0512. The molecule has 0 radical (unpaired) electrons. The number of rotatable bonds is 8. The summed E-state index contributed by atoms with van der Waals surface area (Å²) in [6.07, 6.45) is 4.44. The number of hydrogen-bond donors (Lipinski definition) is 0. The molecule has 1 aromatic carbocycles. The van der Waals surface area contributed by atoms with Gasteiger partial charge in [0.25, 0.3) is 0 Å². The van der Waals surface area contributed by atoms with Crippen molar-refractivity contribution < 1.29 is 18.3 Å². The largest absolute Gasteiger partial charge is 0.493 e. The number of likely N-dealkylation sites (N-methyl/N-ethyl adjacent to an activating group) is 1. The molecule has 0 N–H and O–H groups in total. The predicted octanol–water partition coefficient (Wildman–Crippen LogP) is 3.37. The molecular formula is C17H20F2N2O2. The second-order valence-corrected chi connectivity index (χ2v) is 5.21. The number of hydrogen-bond acceptors (Lipinski definition) is 4. The zero-order chi connectivity index (χ0) is 16.7. The summed E-state index contributed by atoms with van der Waals surface area (Å²) >= 11 is 0. The van der Waals surface area contributed by atoms with E-state index in [4.69, 9.17) is 4.74 Å². The van der Waals surface area contributed by atoms with Crippen molar-refractivity contribution in [3.05, 3.63) is 53.9 Å². The number of nitrogens with zero attached hydrogens (tertiary/aromatic N) is 2. The van der Waals surface area contributed by atoms with Gasteiger partial charge in [-0.05, 0) is 48.9 Å². The number of pyridine rings is 1. The smallest absolute Gasteiger partial charge is 0.387 e. The molecule has 0 amide bonds. The fourth-order valence-electron chi connectivity index (χ4n) is 2.27.